The number of hydrogen-bond donors (Lipinski definition) is 2. The summed E-state index contributed by atoms with van der Waals surface area (Å²) in [7, 11) is 0. The van der Waals surface area contributed by atoms with Crippen LogP contribution in [0.2, 0.25) is 5.02 Å². The molecule has 0 amide bonds. The van der Waals surface area contributed by atoms with Crippen molar-refractivity contribution >= 4 is 11.6 Å². The quantitative estimate of drug-likeness (QED) is 0.738. The second-order valence-corrected chi connectivity index (χ2v) is 6.96. The molecule has 1 atom stereocenters. The first-order chi connectivity index (χ1) is 12.2. The number of nitrogens with one attached hydrogen (secondary N) is 1. The van der Waals surface area contributed by atoms with E-state index in [1.165, 1.54) is 11.1 Å². The minimum absolute atomic E-state index is 0.0926. The third kappa shape index (κ3) is 3.09. The molecule has 0 saturated carbocycles. The molecule has 1 aliphatic rings. The molecule has 0 radical (unpaired) electrons. The summed E-state index contributed by atoms with van der Waals surface area (Å²) < 4.78 is 1.83. The highest BCUT2D eigenvalue weighted by Gasteiger charge is 2.37. The van der Waals surface area contributed by atoms with Crippen LogP contribution < -0.4 is 5.32 Å². The van der Waals surface area contributed by atoms with Gasteiger partial charge in [-0.2, -0.15) is 5.10 Å². The van der Waals surface area contributed by atoms with Crippen LogP contribution in [0.4, 0.5) is 0 Å². The molecule has 3 aromatic rings. The molecule has 0 saturated heterocycles. The molecular weight excluding hydrogens is 334 g/mol. The van der Waals surface area contributed by atoms with Gasteiger partial charge in [-0.3, -0.25) is 0 Å². The van der Waals surface area contributed by atoms with E-state index in [4.69, 9.17) is 11.6 Å². The van der Waals surface area contributed by atoms with Crippen molar-refractivity contribution < 1.29 is 5.11 Å². The molecule has 1 heterocycles. The van der Waals surface area contributed by atoms with E-state index in [0.717, 1.165) is 24.1 Å². The number of fused-ring (bicyclic) bond motifs is 1. The van der Waals surface area contributed by atoms with E-state index in [-0.39, 0.29) is 12.1 Å². The lowest BCUT2D eigenvalue weighted by molar-refractivity contribution is 0.159. The molecule has 0 spiro atoms. The number of nitrogens with zero attached hydrogens (tertiary/aromatic N) is 2. The van der Waals surface area contributed by atoms with Crippen LogP contribution in [0.25, 0.3) is 5.69 Å². The van der Waals surface area contributed by atoms with Crippen LogP contribution in [0.3, 0.4) is 0 Å². The Labute approximate surface area is 152 Å². The number of aliphatic hydroxyl groups is 1. The fourth-order valence-electron chi connectivity index (χ4n) is 3.55. The summed E-state index contributed by atoms with van der Waals surface area (Å²) in [5.74, 6) is 0. The summed E-state index contributed by atoms with van der Waals surface area (Å²) in [4.78, 5) is 0. The lowest BCUT2D eigenvalue weighted by Crippen LogP contribution is -2.43. The van der Waals surface area contributed by atoms with Crippen LogP contribution in [-0.2, 0) is 18.5 Å². The van der Waals surface area contributed by atoms with Crippen molar-refractivity contribution in [1.29, 1.82) is 0 Å². The maximum Gasteiger partial charge on any atom is 0.0677 e. The Morgan fingerprint density at radius 2 is 1.96 bits per heavy atom. The molecule has 1 aliphatic carbocycles. The molecule has 0 fully saturated rings. The van der Waals surface area contributed by atoms with Crippen molar-refractivity contribution in [3.8, 4) is 5.69 Å². The molecular formula is C20H20ClN3O. The van der Waals surface area contributed by atoms with E-state index in [1.54, 1.807) is 0 Å². The highest BCUT2D eigenvalue weighted by atomic mass is 35.5. The van der Waals surface area contributed by atoms with E-state index in [0.29, 0.717) is 11.6 Å². The highest BCUT2D eigenvalue weighted by Crippen LogP contribution is 2.36. The molecule has 1 aromatic heterocycles. The maximum atomic E-state index is 10.1. The lowest BCUT2D eigenvalue weighted by atomic mass is 9.92. The van der Waals surface area contributed by atoms with Crippen molar-refractivity contribution in [2.45, 2.75) is 24.9 Å². The Hall–Kier alpha value is -2.14. The van der Waals surface area contributed by atoms with Gasteiger partial charge in [0.05, 0.1) is 24.0 Å². The normalized spacial score (nSPS) is 19.1. The van der Waals surface area contributed by atoms with Crippen LogP contribution in [0.15, 0.2) is 60.9 Å². The minimum Gasteiger partial charge on any atom is -0.394 e. The zero-order chi connectivity index (χ0) is 17.3. The number of aliphatic hydroxyl groups excluding tert-OH is 1. The number of aryl methyl sites for hydroxylation is 1. The first-order valence-electron chi connectivity index (χ1n) is 8.44. The van der Waals surface area contributed by atoms with E-state index >= 15 is 0 Å². The van der Waals surface area contributed by atoms with Gasteiger partial charge in [0.25, 0.3) is 0 Å². The second kappa shape index (κ2) is 6.64. The van der Waals surface area contributed by atoms with Crippen molar-refractivity contribution in [2.24, 2.45) is 0 Å². The lowest BCUT2D eigenvalue weighted by Gasteiger charge is -2.29. The first-order valence-corrected chi connectivity index (χ1v) is 8.82. The van der Waals surface area contributed by atoms with Crippen molar-refractivity contribution in [3.05, 3.63) is 82.6 Å². The summed E-state index contributed by atoms with van der Waals surface area (Å²) in [6, 6.07) is 15.9. The molecule has 4 rings (SSSR count). The average molecular weight is 354 g/mol. The van der Waals surface area contributed by atoms with Crippen molar-refractivity contribution in [3.63, 3.8) is 0 Å². The van der Waals surface area contributed by atoms with Gasteiger partial charge >= 0.3 is 0 Å². The topological polar surface area (TPSA) is 50.1 Å². The maximum absolute atomic E-state index is 10.1. The fourth-order valence-corrected chi connectivity index (χ4v) is 3.68. The van der Waals surface area contributed by atoms with Gasteiger partial charge in [-0.05, 0) is 48.2 Å². The van der Waals surface area contributed by atoms with E-state index < -0.39 is 0 Å². The number of hydrogen-bond acceptors (Lipinski definition) is 3. The summed E-state index contributed by atoms with van der Waals surface area (Å²) >= 11 is 5.94. The van der Waals surface area contributed by atoms with Crippen molar-refractivity contribution in [1.82, 2.24) is 15.1 Å². The molecule has 1 unspecified atom stereocenters. The molecule has 4 nitrogen and oxygen atoms in total. The number of halogens is 1. The summed E-state index contributed by atoms with van der Waals surface area (Å²) in [6.45, 7) is 0.748. The predicted octanol–water partition coefficient (Wildman–Crippen LogP) is 3.45. The molecule has 5 heteroatoms. The standard InChI is InChI=1S/C20H20ClN3O/c21-17-5-7-18(8-6-17)24-13-15(12-23-24)11-22-20(14-25)10-9-16-3-1-2-4-19(16)20/h1-8,12-13,22,25H,9-11,14H2. The number of benzene rings is 2. The Kier molecular flexibility index (Phi) is 4.34. The average Bonchev–Trinajstić information content (AvgIpc) is 3.26. The van der Waals surface area contributed by atoms with E-state index in [1.807, 2.05) is 47.4 Å². The molecule has 128 valence electrons. The molecule has 2 N–H and O–H groups in total. The first kappa shape index (κ1) is 16.3. The molecule has 25 heavy (non-hydrogen) atoms. The summed E-state index contributed by atoms with van der Waals surface area (Å²) in [6.07, 6.45) is 5.76. The van der Waals surface area contributed by atoms with Crippen LogP contribution in [0, 0.1) is 0 Å². The summed E-state index contributed by atoms with van der Waals surface area (Å²) in [5, 5.41) is 18.8. The number of rotatable bonds is 5. The van der Waals surface area contributed by atoms with Crippen LogP contribution in [-0.4, -0.2) is 21.5 Å². The zero-order valence-electron chi connectivity index (χ0n) is 13.8. The van der Waals surface area contributed by atoms with Gasteiger partial charge in [0.1, 0.15) is 0 Å². The zero-order valence-corrected chi connectivity index (χ0v) is 14.6. The smallest absolute Gasteiger partial charge is 0.0677 e. The van der Waals surface area contributed by atoms with Crippen LogP contribution >= 0.6 is 11.6 Å². The Bertz CT molecular complexity index is 875. The van der Waals surface area contributed by atoms with Gasteiger partial charge in [-0.15, -0.1) is 0 Å². The van der Waals surface area contributed by atoms with Crippen molar-refractivity contribution in [2.75, 3.05) is 6.61 Å². The van der Waals surface area contributed by atoms with Crippen LogP contribution in [0.5, 0.6) is 0 Å². The van der Waals surface area contributed by atoms with Gasteiger partial charge < -0.3 is 10.4 Å². The van der Waals surface area contributed by atoms with Gasteiger partial charge in [-0.25, -0.2) is 4.68 Å². The second-order valence-electron chi connectivity index (χ2n) is 6.52. The van der Waals surface area contributed by atoms with E-state index in [9.17, 15) is 5.11 Å². The van der Waals surface area contributed by atoms with Gasteiger partial charge in [0.2, 0.25) is 0 Å². The third-order valence-corrected chi connectivity index (χ3v) is 5.23. The molecule has 0 bridgehead atoms. The predicted molar refractivity (Wildman–Crippen MR) is 98.9 cm³/mol. The van der Waals surface area contributed by atoms with Crippen LogP contribution in [0.1, 0.15) is 23.1 Å². The Morgan fingerprint density at radius 1 is 1.16 bits per heavy atom. The van der Waals surface area contributed by atoms with Gasteiger partial charge in [0, 0.05) is 23.3 Å². The largest absolute Gasteiger partial charge is 0.394 e. The third-order valence-electron chi connectivity index (χ3n) is 4.98. The van der Waals surface area contributed by atoms with E-state index in [2.05, 4.69) is 28.6 Å². The molecule has 0 aliphatic heterocycles. The summed E-state index contributed by atoms with van der Waals surface area (Å²) in [5.41, 5.74) is 4.22. The SMILES string of the molecule is OCC1(NCc2cnn(-c3ccc(Cl)cc3)c2)CCc2ccccc21. The monoisotopic (exact) mass is 353 g/mol. The Balaban J connectivity index is 1.51. The van der Waals surface area contributed by atoms with Gasteiger partial charge in [-0.1, -0.05) is 35.9 Å². The minimum atomic E-state index is -0.362. The van der Waals surface area contributed by atoms with Gasteiger partial charge in [0.15, 0.2) is 0 Å². The highest BCUT2D eigenvalue weighted by molar-refractivity contribution is 6.30. The fraction of sp³-hybridized carbons (Fsp3) is 0.250. The Morgan fingerprint density at radius 3 is 2.76 bits per heavy atom. The number of aromatic nitrogens is 2. The molecule has 2 aromatic carbocycles.